The van der Waals surface area contributed by atoms with Gasteiger partial charge < -0.3 is 0 Å². The molecule has 72 valence electrons. The van der Waals surface area contributed by atoms with Crippen LogP contribution in [-0.2, 0) is 4.79 Å². The van der Waals surface area contributed by atoms with Gasteiger partial charge in [0.2, 0.25) is 0 Å². The molecule has 1 aliphatic rings. The first-order valence-corrected chi connectivity index (χ1v) is 4.74. The number of allylic oxidation sites excluding steroid dienone is 2. The van der Waals surface area contributed by atoms with Crippen LogP contribution in [0, 0.1) is 5.82 Å². The van der Waals surface area contributed by atoms with Crippen molar-refractivity contribution in [1.82, 2.24) is 0 Å². The molecule has 3 heteroatoms. The summed E-state index contributed by atoms with van der Waals surface area (Å²) in [6.07, 6.45) is 2.52. The zero-order valence-corrected chi connectivity index (χ0v) is 8.14. The van der Waals surface area contributed by atoms with Crippen molar-refractivity contribution in [3.63, 3.8) is 0 Å². The first kappa shape index (κ1) is 9.41. The molecule has 0 aromatic heterocycles. The molecule has 0 amide bonds. The van der Waals surface area contributed by atoms with E-state index in [1.807, 2.05) is 0 Å². The maximum atomic E-state index is 13.4. The molecule has 0 fully saturated rings. The smallest absolute Gasteiger partial charge is 0.156 e. The number of hydrogen-bond donors (Lipinski definition) is 0. The third kappa shape index (κ3) is 1.58. The number of ketones is 1. The standard InChI is InChI=1S/C11H8ClFO/c12-9-2-1-3-10(13)11(9)7-4-5-8(14)6-7/h1-3,6H,4-5H2. The monoisotopic (exact) mass is 210 g/mol. The van der Waals surface area contributed by atoms with Gasteiger partial charge in [-0.3, -0.25) is 4.79 Å². The predicted molar refractivity (Wildman–Crippen MR) is 53.6 cm³/mol. The zero-order chi connectivity index (χ0) is 10.1. The van der Waals surface area contributed by atoms with Crippen LogP contribution < -0.4 is 0 Å². The van der Waals surface area contributed by atoms with Crippen molar-refractivity contribution in [3.8, 4) is 0 Å². The molecule has 0 aliphatic heterocycles. The summed E-state index contributed by atoms with van der Waals surface area (Å²) in [4.78, 5) is 11.0. The maximum Gasteiger partial charge on any atom is 0.156 e. The van der Waals surface area contributed by atoms with Gasteiger partial charge in [-0.15, -0.1) is 0 Å². The third-order valence-electron chi connectivity index (χ3n) is 2.26. The van der Waals surface area contributed by atoms with E-state index in [1.54, 1.807) is 12.1 Å². The van der Waals surface area contributed by atoms with E-state index in [0.717, 1.165) is 0 Å². The molecule has 0 saturated heterocycles. The zero-order valence-electron chi connectivity index (χ0n) is 7.39. The highest BCUT2D eigenvalue weighted by Crippen LogP contribution is 2.32. The van der Waals surface area contributed by atoms with E-state index >= 15 is 0 Å². The molecular weight excluding hydrogens is 203 g/mol. The van der Waals surface area contributed by atoms with Gasteiger partial charge in [0.1, 0.15) is 5.82 Å². The Kier molecular flexibility index (Phi) is 2.38. The fourth-order valence-corrected chi connectivity index (χ4v) is 1.88. The molecule has 0 bridgehead atoms. The number of hydrogen-bond acceptors (Lipinski definition) is 1. The first-order chi connectivity index (χ1) is 6.68. The van der Waals surface area contributed by atoms with E-state index in [9.17, 15) is 9.18 Å². The lowest BCUT2D eigenvalue weighted by Gasteiger charge is -2.05. The van der Waals surface area contributed by atoms with Gasteiger partial charge in [-0.25, -0.2) is 4.39 Å². The summed E-state index contributed by atoms with van der Waals surface area (Å²) in [5.74, 6) is -0.322. The number of halogens is 2. The highest BCUT2D eigenvalue weighted by Gasteiger charge is 2.18. The molecule has 0 spiro atoms. The summed E-state index contributed by atoms with van der Waals surface area (Å²) in [5.41, 5.74) is 1.08. The van der Waals surface area contributed by atoms with Gasteiger partial charge in [0.25, 0.3) is 0 Å². The lowest BCUT2D eigenvalue weighted by Crippen LogP contribution is -1.88. The summed E-state index contributed by atoms with van der Waals surface area (Å²) in [7, 11) is 0. The molecule has 1 aromatic rings. The van der Waals surface area contributed by atoms with Crippen LogP contribution in [0.3, 0.4) is 0 Å². The van der Waals surface area contributed by atoms with Crippen LogP contribution in [0.5, 0.6) is 0 Å². The Bertz CT molecular complexity index is 403. The fraction of sp³-hybridized carbons (Fsp3) is 0.182. The number of carbonyl (C=O) groups excluding carboxylic acids is 1. The van der Waals surface area contributed by atoms with Crippen LogP contribution in [0.15, 0.2) is 24.3 Å². The van der Waals surface area contributed by atoms with E-state index in [0.29, 0.717) is 29.0 Å². The Morgan fingerprint density at radius 2 is 2.07 bits per heavy atom. The third-order valence-corrected chi connectivity index (χ3v) is 2.57. The molecule has 1 nitrogen and oxygen atoms in total. The molecule has 2 rings (SSSR count). The van der Waals surface area contributed by atoms with Crippen LogP contribution in [0.4, 0.5) is 4.39 Å². The fourth-order valence-electron chi connectivity index (χ4n) is 1.60. The van der Waals surface area contributed by atoms with Gasteiger partial charge in [-0.1, -0.05) is 17.7 Å². The Hall–Kier alpha value is -1.15. The van der Waals surface area contributed by atoms with Gasteiger partial charge in [-0.2, -0.15) is 0 Å². The normalized spacial score (nSPS) is 15.9. The molecule has 0 unspecified atom stereocenters. The molecular formula is C11H8ClFO. The van der Waals surface area contributed by atoms with Gasteiger partial charge in [0.05, 0.1) is 5.02 Å². The quantitative estimate of drug-likeness (QED) is 0.696. The maximum absolute atomic E-state index is 13.4. The molecule has 0 N–H and O–H groups in total. The minimum Gasteiger partial charge on any atom is -0.295 e. The average molecular weight is 211 g/mol. The minimum atomic E-state index is -0.363. The number of carbonyl (C=O) groups is 1. The Labute approximate surface area is 86.2 Å². The van der Waals surface area contributed by atoms with Crippen LogP contribution in [-0.4, -0.2) is 5.78 Å². The molecule has 0 atom stereocenters. The predicted octanol–water partition coefficient (Wildman–Crippen LogP) is 3.23. The van der Waals surface area contributed by atoms with E-state index in [1.165, 1.54) is 12.1 Å². The van der Waals surface area contributed by atoms with Crippen molar-refractivity contribution in [2.75, 3.05) is 0 Å². The molecule has 0 radical (unpaired) electrons. The lowest BCUT2D eigenvalue weighted by molar-refractivity contribution is -0.114. The second-order valence-electron chi connectivity index (χ2n) is 3.23. The SMILES string of the molecule is O=C1C=C(c2c(F)cccc2Cl)CC1. The topological polar surface area (TPSA) is 17.1 Å². The number of rotatable bonds is 1. The van der Waals surface area contributed by atoms with E-state index in [4.69, 9.17) is 11.6 Å². The van der Waals surface area contributed by atoms with Gasteiger partial charge in [0, 0.05) is 12.0 Å². The molecule has 14 heavy (non-hydrogen) atoms. The summed E-state index contributed by atoms with van der Waals surface area (Å²) < 4.78 is 13.4. The second kappa shape index (κ2) is 3.54. The van der Waals surface area contributed by atoms with E-state index in [-0.39, 0.29) is 11.6 Å². The van der Waals surface area contributed by atoms with Crippen molar-refractivity contribution < 1.29 is 9.18 Å². The van der Waals surface area contributed by atoms with E-state index in [2.05, 4.69) is 0 Å². The largest absolute Gasteiger partial charge is 0.295 e. The van der Waals surface area contributed by atoms with E-state index < -0.39 is 0 Å². The van der Waals surface area contributed by atoms with Crippen LogP contribution in [0.25, 0.3) is 5.57 Å². The van der Waals surface area contributed by atoms with Crippen LogP contribution >= 0.6 is 11.6 Å². The Morgan fingerprint density at radius 1 is 1.29 bits per heavy atom. The van der Waals surface area contributed by atoms with Crippen molar-refractivity contribution in [3.05, 3.63) is 40.7 Å². The van der Waals surface area contributed by atoms with Crippen LogP contribution in [0.1, 0.15) is 18.4 Å². The van der Waals surface area contributed by atoms with Crippen molar-refractivity contribution >= 4 is 23.0 Å². The van der Waals surface area contributed by atoms with Gasteiger partial charge in [0.15, 0.2) is 5.78 Å². The van der Waals surface area contributed by atoms with Gasteiger partial charge >= 0.3 is 0 Å². The second-order valence-corrected chi connectivity index (χ2v) is 3.64. The lowest BCUT2D eigenvalue weighted by atomic mass is 10.1. The molecule has 0 heterocycles. The summed E-state index contributed by atoms with van der Waals surface area (Å²) in [5, 5.41) is 0.367. The molecule has 0 saturated carbocycles. The number of benzene rings is 1. The van der Waals surface area contributed by atoms with Crippen molar-refractivity contribution in [2.24, 2.45) is 0 Å². The molecule has 1 aliphatic carbocycles. The Balaban J connectivity index is 2.51. The first-order valence-electron chi connectivity index (χ1n) is 4.36. The minimum absolute atomic E-state index is 0.0410. The van der Waals surface area contributed by atoms with Gasteiger partial charge in [-0.05, 0) is 30.2 Å². The summed E-state index contributed by atoms with van der Waals surface area (Å²) >= 11 is 5.87. The van der Waals surface area contributed by atoms with Crippen LogP contribution in [0.2, 0.25) is 5.02 Å². The molecule has 1 aromatic carbocycles. The summed E-state index contributed by atoms with van der Waals surface area (Å²) in [6.45, 7) is 0. The average Bonchev–Trinajstić information content (AvgIpc) is 2.51. The van der Waals surface area contributed by atoms with Crippen molar-refractivity contribution in [2.45, 2.75) is 12.8 Å². The Morgan fingerprint density at radius 3 is 2.64 bits per heavy atom. The summed E-state index contributed by atoms with van der Waals surface area (Å²) in [6, 6.07) is 4.53. The highest BCUT2D eigenvalue weighted by molar-refractivity contribution is 6.32. The highest BCUT2D eigenvalue weighted by atomic mass is 35.5. The van der Waals surface area contributed by atoms with Crippen molar-refractivity contribution in [1.29, 1.82) is 0 Å².